The van der Waals surface area contributed by atoms with Gasteiger partial charge >= 0.3 is 0 Å². The smallest absolute Gasteiger partial charge is 0.0165 e. The Labute approximate surface area is 75.4 Å². The van der Waals surface area contributed by atoms with Gasteiger partial charge in [0.1, 0.15) is 0 Å². The molecule has 0 aromatic carbocycles. The first-order valence-electron chi connectivity index (χ1n) is 5.12. The third-order valence-electron chi connectivity index (χ3n) is 3.21. The highest BCUT2D eigenvalue weighted by atomic mass is 14.3. The van der Waals surface area contributed by atoms with E-state index in [2.05, 4.69) is 38.2 Å². The molecule has 66 valence electrons. The maximum Gasteiger partial charge on any atom is -0.0165 e. The Kier molecular flexibility index (Phi) is 2.08. The van der Waals surface area contributed by atoms with E-state index < -0.39 is 0 Å². The zero-order chi connectivity index (χ0) is 8.55. The van der Waals surface area contributed by atoms with Gasteiger partial charge in [0.25, 0.3) is 0 Å². The molecular formula is C12H18. The molecule has 0 fully saturated rings. The average molecular weight is 162 g/mol. The van der Waals surface area contributed by atoms with Crippen LogP contribution in [0, 0.1) is 23.7 Å². The molecule has 0 saturated carbocycles. The number of hydrogen-bond acceptors (Lipinski definition) is 0. The van der Waals surface area contributed by atoms with Crippen molar-refractivity contribution < 1.29 is 0 Å². The molecule has 0 nitrogen and oxygen atoms in total. The molecule has 0 aliphatic heterocycles. The molecule has 4 atom stereocenters. The summed E-state index contributed by atoms with van der Waals surface area (Å²) in [6.07, 6.45) is 12.4. The molecule has 2 aliphatic carbocycles. The van der Waals surface area contributed by atoms with Gasteiger partial charge in [-0.2, -0.15) is 0 Å². The Bertz CT molecular complexity index is 188. The number of allylic oxidation sites excluding steroid dienone is 4. The standard InChI is InChI=1S/C12H18/c1-9-3-5-12-8-10(2)4-6-11(12)7-9/h3-6,9-12H,7-8H2,1-2H3. The van der Waals surface area contributed by atoms with E-state index in [1.165, 1.54) is 12.8 Å². The predicted molar refractivity (Wildman–Crippen MR) is 52.8 cm³/mol. The van der Waals surface area contributed by atoms with Crippen molar-refractivity contribution in [2.75, 3.05) is 0 Å². The van der Waals surface area contributed by atoms with Crippen molar-refractivity contribution in [2.45, 2.75) is 26.7 Å². The topological polar surface area (TPSA) is 0 Å². The minimum atomic E-state index is 0.796. The van der Waals surface area contributed by atoms with Crippen molar-refractivity contribution >= 4 is 0 Å². The molecular weight excluding hydrogens is 144 g/mol. The van der Waals surface area contributed by atoms with Gasteiger partial charge in [-0.3, -0.25) is 0 Å². The summed E-state index contributed by atoms with van der Waals surface area (Å²) in [5.74, 6) is 3.29. The van der Waals surface area contributed by atoms with Crippen LogP contribution >= 0.6 is 0 Å². The highest BCUT2D eigenvalue weighted by molar-refractivity contribution is 5.11. The van der Waals surface area contributed by atoms with Crippen molar-refractivity contribution in [1.82, 2.24) is 0 Å². The molecule has 12 heavy (non-hydrogen) atoms. The van der Waals surface area contributed by atoms with Gasteiger partial charge in [-0.25, -0.2) is 0 Å². The fourth-order valence-electron chi connectivity index (χ4n) is 2.47. The molecule has 0 radical (unpaired) electrons. The van der Waals surface area contributed by atoms with E-state index in [-0.39, 0.29) is 0 Å². The summed E-state index contributed by atoms with van der Waals surface area (Å²) in [4.78, 5) is 0. The fourth-order valence-corrected chi connectivity index (χ4v) is 2.47. The molecule has 0 aromatic heterocycles. The van der Waals surface area contributed by atoms with Crippen LogP contribution < -0.4 is 0 Å². The van der Waals surface area contributed by atoms with Crippen molar-refractivity contribution in [3.63, 3.8) is 0 Å². The summed E-state index contributed by atoms with van der Waals surface area (Å²) in [6.45, 7) is 4.64. The average Bonchev–Trinajstić information content (AvgIpc) is 2.05. The zero-order valence-corrected chi connectivity index (χ0v) is 8.03. The Morgan fingerprint density at radius 2 is 1.17 bits per heavy atom. The van der Waals surface area contributed by atoms with E-state index in [1.807, 2.05) is 0 Å². The highest BCUT2D eigenvalue weighted by Gasteiger charge is 2.26. The van der Waals surface area contributed by atoms with Crippen molar-refractivity contribution in [3.8, 4) is 0 Å². The van der Waals surface area contributed by atoms with Gasteiger partial charge in [0.15, 0.2) is 0 Å². The van der Waals surface area contributed by atoms with E-state index in [0.717, 1.165) is 23.7 Å². The maximum absolute atomic E-state index is 2.44. The number of hydrogen-bond donors (Lipinski definition) is 0. The summed E-state index contributed by atoms with van der Waals surface area (Å²) in [6, 6.07) is 0. The SMILES string of the molecule is CC1C=CC2CC(C)C=CC2C1. The quantitative estimate of drug-likeness (QED) is 0.479. The summed E-state index contributed by atoms with van der Waals surface area (Å²) in [5, 5.41) is 0. The molecule has 0 heteroatoms. The predicted octanol–water partition coefficient (Wildman–Crippen LogP) is 3.41. The lowest BCUT2D eigenvalue weighted by molar-refractivity contribution is 0.322. The Morgan fingerprint density at radius 3 is 1.58 bits per heavy atom. The second kappa shape index (κ2) is 3.08. The largest absolute Gasteiger partial charge is 0.0854 e. The monoisotopic (exact) mass is 162 g/mol. The van der Waals surface area contributed by atoms with E-state index in [0.29, 0.717) is 0 Å². The van der Waals surface area contributed by atoms with Gasteiger partial charge in [-0.15, -0.1) is 0 Å². The van der Waals surface area contributed by atoms with Gasteiger partial charge < -0.3 is 0 Å². The van der Waals surface area contributed by atoms with E-state index in [1.54, 1.807) is 0 Å². The first-order chi connectivity index (χ1) is 5.75. The summed E-state index contributed by atoms with van der Waals surface area (Å²) in [7, 11) is 0. The van der Waals surface area contributed by atoms with Crippen LogP contribution in [0.2, 0.25) is 0 Å². The molecule has 2 aliphatic rings. The Hall–Kier alpha value is -0.520. The van der Waals surface area contributed by atoms with Crippen molar-refractivity contribution in [3.05, 3.63) is 24.3 Å². The first-order valence-corrected chi connectivity index (χ1v) is 5.12. The minimum Gasteiger partial charge on any atom is -0.0854 e. The van der Waals surface area contributed by atoms with Gasteiger partial charge in [0.05, 0.1) is 0 Å². The second-order valence-electron chi connectivity index (χ2n) is 4.52. The third kappa shape index (κ3) is 1.48. The van der Waals surface area contributed by atoms with Gasteiger partial charge in [-0.1, -0.05) is 38.2 Å². The fraction of sp³-hybridized carbons (Fsp3) is 0.667. The van der Waals surface area contributed by atoms with Crippen LogP contribution in [-0.4, -0.2) is 0 Å². The van der Waals surface area contributed by atoms with Gasteiger partial charge in [-0.05, 0) is 36.5 Å². The van der Waals surface area contributed by atoms with Gasteiger partial charge in [0, 0.05) is 0 Å². The van der Waals surface area contributed by atoms with Gasteiger partial charge in [0.2, 0.25) is 0 Å². The molecule has 0 aromatic rings. The normalized spacial score (nSPS) is 45.8. The summed E-state index contributed by atoms with van der Waals surface area (Å²) in [5.41, 5.74) is 0. The number of fused-ring (bicyclic) bond motifs is 1. The maximum atomic E-state index is 2.44. The van der Waals surface area contributed by atoms with Crippen LogP contribution in [0.1, 0.15) is 26.7 Å². The molecule has 0 heterocycles. The lowest BCUT2D eigenvalue weighted by atomic mass is 9.72. The highest BCUT2D eigenvalue weighted by Crippen LogP contribution is 2.36. The lowest BCUT2D eigenvalue weighted by Gasteiger charge is -2.33. The van der Waals surface area contributed by atoms with Crippen LogP contribution in [0.3, 0.4) is 0 Å². The molecule has 0 saturated heterocycles. The van der Waals surface area contributed by atoms with Crippen molar-refractivity contribution in [1.29, 1.82) is 0 Å². The molecule has 2 rings (SSSR count). The van der Waals surface area contributed by atoms with Crippen LogP contribution in [0.5, 0.6) is 0 Å². The van der Waals surface area contributed by atoms with Crippen LogP contribution in [0.15, 0.2) is 24.3 Å². The van der Waals surface area contributed by atoms with Crippen molar-refractivity contribution in [2.24, 2.45) is 23.7 Å². The van der Waals surface area contributed by atoms with Crippen LogP contribution in [0.25, 0.3) is 0 Å². The van der Waals surface area contributed by atoms with E-state index >= 15 is 0 Å². The summed E-state index contributed by atoms with van der Waals surface area (Å²) >= 11 is 0. The zero-order valence-electron chi connectivity index (χ0n) is 8.03. The van der Waals surface area contributed by atoms with Crippen LogP contribution in [-0.2, 0) is 0 Å². The molecule has 4 unspecified atom stereocenters. The molecule has 0 N–H and O–H groups in total. The minimum absolute atomic E-state index is 0.796. The van der Waals surface area contributed by atoms with E-state index in [4.69, 9.17) is 0 Å². The first kappa shape index (κ1) is 8.10. The Balaban J connectivity index is 2.13. The molecule has 0 bridgehead atoms. The third-order valence-corrected chi connectivity index (χ3v) is 3.21. The summed E-state index contributed by atoms with van der Waals surface area (Å²) < 4.78 is 0. The van der Waals surface area contributed by atoms with Crippen LogP contribution in [0.4, 0.5) is 0 Å². The molecule has 0 spiro atoms. The Morgan fingerprint density at radius 1 is 0.750 bits per heavy atom. The lowest BCUT2D eigenvalue weighted by Crippen LogP contribution is -2.22. The van der Waals surface area contributed by atoms with E-state index in [9.17, 15) is 0 Å². The molecule has 0 amide bonds. The number of rotatable bonds is 0. The second-order valence-corrected chi connectivity index (χ2v) is 4.52.